The van der Waals surface area contributed by atoms with Gasteiger partial charge in [-0.3, -0.25) is 4.57 Å². The molecule has 7 nitrogen and oxygen atoms in total. The van der Waals surface area contributed by atoms with Crippen LogP contribution in [0.3, 0.4) is 0 Å². The molecule has 0 atom stereocenters. The standard InChI is InChI=1S/C9H11BrN4O3S2/c1-17-3-2-14-8(6-4-7(10)18-5-6)12-13-9(14)19(11,15)16/h4-5H,2-3H2,1H3,(H2,11,15,16). The van der Waals surface area contributed by atoms with Crippen LogP contribution in [0.15, 0.2) is 20.4 Å². The molecule has 0 fully saturated rings. The largest absolute Gasteiger partial charge is 0.383 e. The van der Waals surface area contributed by atoms with Gasteiger partial charge in [-0.1, -0.05) is 0 Å². The van der Waals surface area contributed by atoms with E-state index in [9.17, 15) is 8.42 Å². The lowest BCUT2D eigenvalue weighted by Crippen LogP contribution is -2.20. The van der Waals surface area contributed by atoms with Crippen LogP contribution in [0.2, 0.25) is 0 Å². The fourth-order valence-corrected chi connectivity index (χ4v) is 3.30. The maximum atomic E-state index is 11.5. The second-order valence-corrected chi connectivity index (χ2v) is 7.38. The van der Waals surface area contributed by atoms with E-state index >= 15 is 0 Å². The molecule has 2 aromatic rings. The first-order valence-corrected chi connectivity index (χ1v) is 8.34. The van der Waals surface area contributed by atoms with Gasteiger partial charge in [-0.25, -0.2) is 13.6 Å². The third-order valence-electron chi connectivity index (χ3n) is 2.32. The molecular formula is C9H11BrN4O3S2. The number of methoxy groups -OCH3 is 1. The summed E-state index contributed by atoms with van der Waals surface area (Å²) in [4.78, 5) is 0. The van der Waals surface area contributed by atoms with Gasteiger partial charge in [0.15, 0.2) is 5.82 Å². The van der Waals surface area contributed by atoms with Crippen LogP contribution >= 0.6 is 27.3 Å². The van der Waals surface area contributed by atoms with E-state index in [-0.39, 0.29) is 5.16 Å². The van der Waals surface area contributed by atoms with E-state index in [0.717, 1.165) is 9.35 Å². The highest BCUT2D eigenvalue weighted by Crippen LogP contribution is 2.28. The van der Waals surface area contributed by atoms with Crippen molar-refractivity contribution in [3.63, 3.8) is 0 Å². The highest BCUT2D eigenvalue weighted by molar-refractivity contribution is 9.11. The fraction of sp³-hybridized carbons (Fsp3) is 0.333. The van der Waals surface area contributed by atoms with E-state index in [4.69, 9.17) is 9.88 Å². The zero-order chi connectivity index (χ0) is 14.0. The van der Waals surface area contributed by atoms with Crippen molar-refractivity contribution in [1.82, 2.24) is 14.8 Å². The minimum atomic E-state index is -3.92. The Bertz CT molecular complexity index is 679. The molecule has 0 saturated heterocycles. The topological polar surface area (TPSA) is 100 Å². The number of thiophene rings is 1. The number of sulfonamides is 1. The lowest BCUT2D eigenvalue weighted by molar-refractivity contribution is 0.185. The SMILES string of the molecule is COCCn1c(-c2csc(Br)c2)nnc1S(N)(=O)=O. The first-order chi connectivity index (χ1) is 8.93. The van der Waals surface area contributed by atoms with E-state index in [0.29, 0.717) is 19.0 Å². The Hall–Kier alpha value is -0.810. The van der Waals surface area contributed by atoms with Crippen LogP contribution in [-0.4, -0.2) is 36.9 Å². The lowest BCUT2D eigenvalue weighted by Gasteiger charge is -2.07. The summed E-state index contributed by atoms with van der Waals surface area (Å²) >= 11 is 4.82. The van der Waals surface area contributed by atoms with Crippen LogP contribution < -0.4 is 5.14 Å². The monoisotopic (exact) mass is 366 g/mol. The zero-order valence-electron chi connectivity index (χ0n) is 9.91. The molecule has 0 amide bonds. The van der Waals surface area contributed by atoms with Crippen molar-refractivity contribution in [2.45, 2.75) is 11.7 Å². The Kier molecular flexibility index (Phi) is 4.36. The Balaban J connectivity index is 2.52. The van der Waals surface area contributed by atoms with Gasteiger partial charge >= 0.3 is 0 Å². The van der Waals surface area contributed by atoms with Gasteiger partial charge < -0.3 is 4.74 Å². The Labute approximate surface area is 122 Å². The van der Waals surface area contributed by atoms with Crippen LogP contribution in [0, 0.1) is 0 Å². The number of ether oxygens (including phenoxy) is 1. The summed E-state index contributed by atoms with van der Waals surface area (Å²) < 4.78 is 30.3. The summed E-state index contributed by atoms with van der Waals surface area (Å²) in [6, 6.07) is 1.84. The predicted molar refractivity (Wildman–Crippen MR) is 74.3 cm³/mol. The van der Waals surface area contributed by atoms with Gasteiger partial charge in [0.1, 0.15) is 0 Å². The molecule has 104 valence electrons. The summed E-state index contributed by atoms with van der Waals surface area (Å²) in [6.07, 6.45) is 0. The molecule has 2 aromatic heterocycles. The first kappa shape index (κ1) is 14.6. The molecule has 0 spiro atoms. The smallest absolute Gasteiger partial charge is 0.273 e. The van der Waals surface area contributed by atoms with Crippen molar-refractivity contribution in [1.29, 1.82) is 0 Å². The maximum Gasteiger partial charge on any atom is 0.273 e. The Morgan fingerprint density at radius 1 is 1.53 bits per heavy atom. The normalized spacial score (nSPS) is 11.9. The van der Waals surface area contributed by atoms with E-state index in [1.807, 2.05) is 11.4 Å². The average molecular weight is 367 g/mol. The molecule has 2 heterocycles. The maximum absolute atomic E-state index is 11.5. The molecule has 0 unspecified atom stereocenters. The lowest BCUT2D eigenvalue weighted by atomic mass is 10.3. The molecule has 0 bridgehead atoms. The van der Waals surface area contributed by atoms with E-state index in [1.54, 1.807) is 0 Å². The number of nitrogens with zero attached hydrogens (tertiary/aromatic N) is 3. The second kappa shape index (κ2) is 5.67. The van der Waals surface area contributed by atoms with Crippen molar-refractivity contribution >= 4 is 37.3 Å². The van der Waals surface area contributed by atoms with Gasteiger partial charge in [0.25, 0.3) is 15.2 Å². The summed E-state index contributed by atoms with van der Waals surface area (Å²) in [5.74, 6) is 0.447. The molecule has 0 aliphatic rings. The fourth-order valence-electron chi connectivity index (χ4n) is 1.52. The van der Waals surface area contributed by atoms with Gasteiger partial charge in [0.05, 0.1) is 16.9 Å². The molecule has 0 aliphatic carbocycles. The summed E-state index contributed by atoms with van der Waals surface area (Å²) in [7, 11) is -2.39. The number of halogens is 1. The predicted octanol–water partition coefficient (Wildman–Crippen LogP) is 1.06. The average Bonchev–Trinajstić information content (AvgIpc) is 2.91. The summed E-state index contributed by atoms with van der Waals surface area (Å²) in [5, 5.41) is 14.3. The van der Waals surface area contributed by atoms with Crippen LogP contribution in [0.1, 0.15) is 0 Å². The molecule has 0 aromatic carbocycles. The quantitative estimate of drug-likeness (QED) is 0.852. The summed E-state index contributed by atoms with van der Waals surface area (Å²) in [5.41, 5.74) is 0.773. The molecule has 19 heavy (non-hydrogen) atoms. The van der Waals surface area contributed by atoms with E-state index < -0.39 is 10.0 Å². The minimum absolute atomic E-state index is 0.262. The van der Waals surface area contributed by atoms with E-state index in [2.05, 4.69) is 26.1 Å². The van der Waals surface area contributed by atoms with Gasteiger partial charge in [0, 0.05) is 18.1 Å². The van der Waals surface area contributed by atoms with Gasteiger partial charge in [-0.15, -0.1) is 21.5 Å². The highest BCUT2D eigenvalue weighted by Gasteiger charge is 2.22. The summed E-state index contributed by atoms with van der Waals surface area (Å²) in [6.45, 7) is 0.636. The molecule has 2 rings (SSSR count). The highest BCUT2D eigenvalue weighted by atomic mass is 79.9. The molecule has 0 radical (unpaired) electrons. The first-order valence-electron chi connectivity index (χ1n) is 5.13. The number of aromatic nitrogens is 3. The zero-order valence-corrected chi connectivity index (χ0v) is 13.1. The number of hydrogen-bond acceptors (Lipinski definition) is 6. The van der Waals surface area contributed by atoms with Crippen LogP contribution in [0.4, 0.5) is 0 Å². The molecule has 10 heteroatoms. The number of primary sulfonamides is 1. The van der Waals surface area contributed by atoms with Crippen LogP contribution in [0.25, 0.3) is 11.4 Å². The third kappa shape index (κ3) is 3.20. The number of hydrogen-bond donors (Lipinski definition) is 1. The van der Waals surface area contributed by atoms with Crippen LogP contribution in [0.5, 0.6) is 0 Å². The van der Waals surface area contributed by atoms with Gasteiger partial charge in [-0.2, -0.15) is 0 Å². The molecular weight excluding hydrogens is 356 g/mol. The Morgan fingerprint density at radius 2 is 2.26 bits per heavy atom. The van der Waals surface area contributed by atoms with Crippen molar-refractivity contribution in [3.8, 4) is 11.4 Å². The second-order valence-electron chi connectivity index (χ2n) is 3.64. The molecule has 0 aliphatic heterocycles. The minimum Gasteiger partial charge on any atom is -0.383 e. The van der Waals surface area contributed by atoms with Gasteiger partial charge in [0.2, 0.25) is 0 Å². The van der Waals surface area contributed by atoms with Crippen molar-refractivity contribution in [2.75, 3.05) is 13.7 Å². The van der Waals surface area contributed by atoms with Gasteiger partial charge in [-0.05, 0) is 22.0 Å². The van der Waals surface area contributed by atoms with Crippen molar-refractivity contribution in [3.05, 3.63) is 15.2 Å². The molecule has 2 N–H and O–H groups in total. The van der Waals surface area contributed by atoms with E-state index in [1.165, 1.54) is 23.0 Å². The van der Waals surface area contributed by atoms with Crippen LogP contribution in [-0.2, 0) is 21.3 Å². The van der Waals surface area contributed by atoms with Crippen molar-refractivity contribution < 1.29 is 13.2 Å². The molecule has 0 saturated carbocycles. The third-order valence-corrected chi connectivity index (χ3v) is 4.63. The number of rotatable bonds is 5. The Morgan fingerprint density at radius 3 is 2.79 bits per heavy atom. The number of nitrogens with two attached hydrogens (primary N) is 1. The van der Waals surface area contributed by atoms with Crippen molar-refractivity contribution in [2.24, 2.45) is 5.14 Å².